The topological polar surface area (TPSA) is 21.3 Å². The molecule has 1 saturated heterocycles. The Balaban J connectivity index is 2.13. The summed E-state index contributed by atoms with van der Waals surface area (Å²) in [5.41, 5.74) is 0.216. The third-order valence-electron chi connectivity index (χ3n) is 3.77. The fourth-order valence-electron chi connectivity index (χ4n) is 2.82. The van der Waals surface area contributed by atoms with E-state index in [1.807, 2.05) is 24.3 Å². The summed E-state index contributed by atoms with van der Waals surface area (Å²) >= 11 is 5.90. The average molecular weight is 268 g/mol. The van der Waals surface area contributed by atoms with Gasteiger partial charge in [0, 0.05) is 17.0 Å². The third-order valence-corrected chi connectivity index (χ3v) is 4.02. The van der Waals surface area contributed by atoms with Gasteiger partial charge in [0.1, 0.15) is 11.9 Å². The molecule has 100 valence electrons. The lowest BCUT2D eigenvalue weighted by Crippen LogP contribution is -2.42. The van der Waals surface area contributed by atoms with Crippen LogP contribution in [-0.2, 0) is 0 Å². The molecule has 18 heavy (non-hydrogen) atoms. The molecule has 2 rings (SSSR count). The van der Waals surface area contributed by atoms with Crippen LogP contribution >= 0.6 is 11.6 Å². The highest BCUT2D eigenvalue weighted by atomic mass is 35.5. The lowest BCUT2D eigenvalue weighted by molar-refractivity contribution is 0.0361. The Morgan fingerprint density at radius 2 is 1.94 bits per heavy atom. The molecule has 1 heterocycles. The second-order valence-electron chi connectivity index (χ2n) is 5.82. The van der Waals surface area contributed by atoms with Gasteiger partial charge in [0.05, 0.1) is 0 Å². The first-order valence-corrected chi connectivity index (χ1v) is 7.02. The van der Waals surface area contributed by atoms with Gasteiger partial charge in [0.2, 0.25) is 0 Å². The van der Waals surface area contributed by atoms with Crippen LogP contribution in [0.15, 0.2) is 24.3 Å². The first-order valence-electron chi connectivity index (χ1n) is 6.64. The fourth-order valence-corrected chi connectivity index (χ4v) is 2.95. The van der Waals surface area contributed by atoms with E-state index >= 15 is 0 Å². The first kappa shape index (κ1) is 13.7. The maximum Gasteiger partial charge on any atom is 0.119 e. The molecule has 0 amide bonds. The highest BCUT2D eigenvalue weighted by Crippen LogP contribution is 2.35. The van der Waals surface area contributed by atoms with Gasteiger partial charge in [-0.25, -0.2) is 0 Å². The molecule has 1 aliphatic rings. The van der Waals surface area contributed by atoms with Crippen LogP contribution < -0.4 is 10.1 Å². The van der Waals surface area contributed by atoms with Gasteiger partial charge in [0.25, 0.3) is 0 Å². The quantitative estimate of drug-likeness (QED) is 0.897. The van der Waals surface area contributed by atoms with Crippen LogP contribution in [0.4, 0.5) is 0 Å². The number of rotatable bonds is 4. The molecule has 0 spiro atoms. The van der Waals surface area contributed by atoms with Crippen molar-refractivity contribution in [2.45, 2.75) is 33.3 Å². The molecule has 1 N–H and O–H groups in total. The molecule has 1 aromatic carbocycles. The van der Waals surface area contributed by atoms with E-state index in [0.29, 0.717) is 5.92 Å². The number of halogens is 1. The summed E-state index contributed by atoms with van der Waals surface area (Å²) in [4.78, 5) is 0. The lowest BCUT2D eigenvalue weighted by Gasteiger charge is -2.36. The predicted octanol–water partition coefficient (Wildman–Crippen LogP) is 3.74. The average Bonchev–Trinajstić information content (AvgIpc) is 2.75. The molecule has 0 radical (unpaired) electrons. The SMILES string of the molecule is CC(C)[C@H](Oc1ccc(Cl)cc1)[C@@]1(C)CCNC1. The lowest BCUT2D eigenvalue weighted by atomic mass is 9.78. The molecule has 0 aromatic heterocycles. The van der Waals surface area contributed by atoms with Crippen LogP contribution in [0.1, 0.15) is 27.2 Å². The van der Waals surface area contributed by atoms with Crippen LogP contribution in [0.3, 0.4) is 0 Å². The summed E-state index contributed by atoms with van der Waals surface area (Å²) < 4.78 is 6.22. The van der Waals surface area contributed by atoms with Crippen LogP contribution in [0.2, 0.25) is 5.02 Å². The molecule has 2 atom stereocenters. The van der Waals surface area contributed by atoms with Crippen LogP contribution in [-0.4, -0.2) is 19.2 Å². The van der Waals surface area contributed by atoms with Gasteiger partial charge in [-0.3, -0.25) is 0 Å². The molecule has 1 fully saturated rings. The van der Waals surface area contributed by atoms with Gasteiger partial charge >= 0.3 is 0 Å². The third kappa shape index (κ3) is 2.99. The minimum absolute atomic E-state index is 0.216. The van der Waals surface area contributed by atoms with Crippen molar-refractivity contribution in [3.8, 4) is 5.75 Å². The van der Waals surface area contributed by atoms with Crippen molar-refractivity contribution in [2.24, 2.45) is 11.3 Å². The maximum absolute atomic E-state index is 6.22. The fraction of sp³-hybridized carbons (Fsp3) is 0.600. The summed E-state index contributed by atoms with van der Waals surface area (Å²) in [5, 5.41) is 4.19. The van der Waals surface area contributed by atoms with E-state index in [-0.39, 0.29) is 11.5 Å². The number of ether oxygens (including phenoxy) is 1. The van der Waals surface area contributed by atoms with Crippen molar-refractivity contribution >= 4 is 11.6 Å². The number of hydrogen-bond acceptors (Lipinski definition) is 2. The van der Waals surface area contributed by atoms with Crippen molar-refractivity contribution in [3.63, 3.8) is 0 Å². The van der Waals surface area contributed by atoms with E-state index in [2.05, 4.69) is 26.1 Å². The van der Waals surface area contributed by atoms with Gasteiger partial charge in [-0.2, -0.15) is 0 Å². The Kier molecular flexibility index (Phi) is 4.18. The molecule has 0 aliphatic carbocycles. The Bertz CT molecular complexity index is 382. The molecular formula is C15H22ClNO. The van der Waals surface area contributed by atoms with E-state index in [9.17, 15) is 0 Å². The summed E-state index contributed by atoms with van der Waals surface area (Å²) in [7, 11) is 0. The largest absolute Gasteiger partial charge is 0.490 e. The Morgan fingerprint density at radius 3 is 2.44 bits per heavy atom. The number of benzene rings is 1. The Morgan fingerprint density at radius 1 is 1.28 bits per heavy atom. The molecule has 1 aliphatic heterocycles. The molecule has 1 aromatic rings. The minimum atomic E-state index is 0.216. The summed E-state index contributed by atoms with van der Waals surface area (Å²) in [6, 6.07) is 7.65. The molecular weight excluding hydrogens is 246 g/mol. The van der Waals surface area contributed by atoms with Crippen molar-refractivity contribution in [2.75, 3.05) is 13.1 Å². The Labute approximate surface area is 115 Å². The van der Waals surface area contributed by atoms with E-state index in [0.717, 1.165) is 23.9 Å². The van der Waals surface area contributed by atoms with Crippen molar-refractivity contribution in [1.82, 2.24) is 5.32 Å². The monoisotopic (exact) mass is 267 g/mol. The van der Waals surface area contributed by atoms with Crippen LogP contribution in [0, 0.1) is 11.3 Å². The van der Waals surface area contributed by atoms with Crippen molar-refractivity contribution < 1.29 is 4.74 Å². The summed E-state index contributed by atoms with van der Waals surface area (Å²) in [6.45, 7) is 8.88. The van der Waals surface area contributed by atoms with E-state index in [1.165, 1.54) is 6.42 Å². The van der Waals surface area contributed by atoms with E-state index in [4.69, 9.17) is 16.3 Å². The van der Waals surface area contributed by atoms with Gasteiger partial charge in [-0.1, -0.05) is 32.4 Å². The Hall–Kier alpha value is -0.730. The van der Waals surface area contributed by atoms with Gasteiger partial charge in [-0.05, 0) is 43.1 Å². The standard InChI is InChI=1S/C15H22ClNO/c1-11(2)14(15(3)8-9-17-10-15)18-13-6-4-12(16)5-7-13/h4-7,11,14,17H,8-10H2,1-3H3/t14-,15-/m0/s1. The molecule has 0 bridgehead atoms. The maximum atomic E-state index is 6.22. The number of nitrogens with one attached hydrogen (secondary N) is 1. The highest BCUT2D eigenvalue weighted by Gasteiger charge is 2.40. The van der Waals surface area contributed by atoms with Crippen molar-refractivity contribution in [1.29, 1.82) is 0 Å². The molecule has 2 nitrogen and oxygen atoms in total. The second kappa shape index (κ2) is 5.50. The van der Waals surface area contributed by atoms with Crippen molar-refractivity contribution in [3.05, 3.63) is 29.3 Å². The van der Waals surface area contributed by atoms with E-state index in [1.54, 1.807) is 0 Å². The second-order valence-corrected chi connectivity index (χ2v) is 6.25. The zero-order valence-electron chi connectivity index (χ0n) is 11.4. The smallest absolute Gasteiger partial charge is 0.119 e. The first-order chi connectivity index (χ1) is 8.51. The zero-order chi connectivity index (χ0) is 13.2. The molecule has 0 unspecified atom stereocenters. The molecule has 0 saturated carbocycles. The van der Waals surface area contributed by atoms with Crippen LogP contribution in [0.25, 0.3) is 0 Å². The number of hydrogen-bond donors (Lipinski definition) is 1. The molecule has 3 heteroatoms. The predicted molar refractivity (Wildman–Crippen MR) is 76.3 cm³/mol. The summed E-state index contributed by atoms with van der Waals surface area (Å²) in [6.07, 6.45) is 1.40. The van der Waals surface area contributed by atoms with Crippen LogP contribution in [0.5, 0.6) is 5.75 Å². The van der Waals surface area contributed by atoms with Gasteiger partial charge in [0.15, 0.2) is 0 Å². The van der Waals surface area contributed by atoms with Gasteiger partial charge in [-0.15, -0.1) is 0 Å². The minimum Gasteiger partial charge on any atom is -0.490 e. The van der Waals surface area contributed by atoms with Gasteiger partial charge < -0.3 is 10.1 Å². The highest BCUT2D eigenvalue weighted by molar-refractivity contribution is 6.30. The summed E-state index contributed by atoms with van der Waals surface area (Å²) in [5.74, 6) is 1.40. The zero-order valence-corrected chi connectivity index (χ0v) is 12.1. The normalized spacial score (nSPS) is 25.4. The van der Waals surface area contributed by atoms with E-state index < -0.39 is 0 Å².